The van der Waals surface area contributed by atoms with E-state index in [0.29, 0.717) is 18.0 Å². The minimum absolute atomic E-state index is 0.00518. The van der Waals surface area contributed by atoms with Crippen LogP contribution in [0.4, 0.5) is 11.4 Å². The van der Waals surface area contributed by atoms with Gasteiger partial charge in [-0.3, -0.25) is 9.59 Å². The monoisotopic (exact) mass is 473 g/mol. The molecule has 0 fully saturated rings. The SMILES string of the molecule is CC(C)(C)CC(=O)Nc1ccc(SCC(=O)Nc2ccc(-c3nc4ccccc4o3)cc2)cc1. The number of nitrogens with zero attached hydrogens (tertiary/aromatic N) is 1. The number of hydrogen-bond acceptors (Lipinski definition) is 5. The first-order valence-corrected chi connectivity index (χ1v) is 12.0. The highest BCUT2D eigenvalue weighted by Gasteiger charge is 2.16. The lowest BCUT2D eigenvalue weighted by atomic mass is 9.92. The first-order valence-electron chi connectivity index (χ1n) is 11.0. The van der Waals surface area contributed by atoms with Crippen molar-refractivity contribution in [3.8, 4) is 11.5 Å². The topological polar surface area (TPSA) is 84.2 Å². The Kier molecular flexibility index (Phi) is 7.03. The van der Waals surface area contributed by atoms with E-state index in [0.717, 1.165) is 27.2 Å². The standard InChI is InChI=1S/C27H27N3O3S/c1-27(2,3)16-24(31)28-20-12-14-21(15-13-20)34-17-25(32)29-19-10-8-18(9-11-19)26-30-22-6-4-5-7-23(22)33-26/h4-15H,16-17H2,1-3H3,(H,28,31)(H,29,32). The Hall–Kier alpha value is -3.58. The number of thioether (sulfide) groups is 1. The molecular formula is C27H27N3O3S. The second-order valence-electron chi connectivity index (χ2n) is 9.21. The average Bonchev–Trinajstić information content (AvgIpc) is 3.22. The van der Waals surface area contributed by atoms with E-state index in [1.54, 1.807) is 0 Å². The zero-order chi connectivity index (χ0) is 24.1. The molecule has 0 aliphatic carbocycles. The van der Waals surface area contributed by atoms with Crippen LogP contribution in [0.2, 0.25) is 0 Å². The van der Waals surface area contributed by atoms with E-state index in [2.05, 4.69) is 15.6 Å². The molecule has 0 atom stereocenters. The number of oxazole rings is 1. The largest absolute Gasteiger partial charge is 0.436 e. The van der Waals surface area contributed by atoms with Gasteiger partial charge in [-0.15, -0.1) is 11.8 Å². The number of nitrogens with one attached hydrogen (secondary N) is 2. The van der Waals surface area contributed by atoms with Gasteiger partial charge >= 0.3 is 0 Å². The van der Waals surface area contributed by atoms with Crippen LogP contribution in [-0.2, 0) is 9.59 Å². The second-order valence-corrected chi connectivity index (χ2v) is 10.3. The van der Waals surface area contributed by atoms with Gasteiger partial charge in [-0.1, -0.05) is 32.9 Å². The molecule has 0 unspecified atom stereocenters. The van der Waals surface area contributed by atoms with Gasteiger partial charge in [0.2, 0.25) is 17.7 Å². The highest BCUT2D eigenvalue weighted by Crippen LogP contribution is 2.26. The number of para-hydroxylation sites is 2. The molecule has 0 spiro atoms. The number of carbonyl (C=O) groups excluding carboxylic acids is 2. The number of amides is 2. The van der Waals surface area contributed by atoms with Crippen molar-refractivity contribution < 1.29 is 14.0 Å². The number of anilines is 2. The van der Waals surface area contributed by atoms with Gasteiger partial charge in [0.15, 0.2) is 5.58 Å². The van der Waals surface area contributed by atoms with Crippen molar-refractivity contribution in [3.05, 3.63) is 72.8 Å². The second kappa shape index (κ2) is 10.1. The zero-order valence-corrected chi connectivity index (χ0v) is 20.2. The molecule has 1 heterocycles. The summed E-state index contributed by atoms with van der Waals surface area (Å²) in [4.78, 5) is 29.9. The molecular weight excluding hydrogens is 446 g/mol. The zero-order valence-electron chi connectivity index (χ0n) is 19.4. The molecule has 4 rings (SSSR count). The van der Waals surface area contributed by atoms with Gasteiger partial charge in [0, 0.05) is 28.3 Å². The van der Waals surface area contributed by atoms with Gasteiger partial charge in [0.1, 0.15) is 5.52 Å². The van der Waals surface area contributed by atoms with Crippen LogP contribution in [0.5, 0.6) is 0 Å². The molecule has 34 heavy (non-hydrogen) atoms. The van der Waals surface area contributed by atoms with Crippen LogP contribution in [0.25, 0.3) is 22.6 Å². The van der Waals surface area contributed by atoms with Crippen LogP contribution in [0.15, 0.2) is 82.1 Å². The van der Waals surface area contributed by atoms with Crippen LogP contribution in [0, 0.1) is 5.41 Å². The van der Waals surface area contributed by atoms with Crippen LogP contribution in [0.3, 0.4) is 0 Å². The Labute approximate surface area is 203 Å². The van der Waals surface area contributed by atoms with E-state index in [4.69, 9.17) is 4.42 Å². The molecule has 2 amide bonds. The molecule has 0 aliphatic heterocycles. The Bertz CT molecular complexity index is 1260. The smallest absolute Gasteiger partial charge is 0.234 e. The summed E-state index contributed by atoms with van der Waals surface area (Å²) in [5.41, 5.74) is 3.81. The van der Waals surface area contributed by atoms with Gasteiger partial charge in [0.05, 0.1) is 5.75 Å². The normalized spacial score (nSPS) is 11.4. The van der Waals surface area contributed by atoms with Crippen LogP contribution in [0.1, 0.15) is 27.2 Å². The predicted molar refractivity (Wildman–Crippen MR) is 138 cm³/mol. The number of carbonyl (C=O) groups is 2. The third-order valence-electron chi connectivity index (χ3n) is 4.91. The average molecular weight is 474 g/mol. The summed E-state index contributed by atoms with van der Waals surface area (Å²) in [6.07, 6.45) is 0.458. The van der Waals surface area contributed by atoms with Crippen LogP contribution in [-0.4, -0.2) is 22.6 Å². The first kappa shape index (κ1) is 23.6. The van der Waals surface area contributed by atoms with Crippen molar-refractivity contribution in [3.63, 3.8) is 0 Å². The lowest BCUT2D eigenvalue weighted by molar-refractivity contribution is -0.118. The Morgan fingerprint density at radius 1 is 0.853 bits per heavy atom. The highest BCUT2D eigenvalue weighted by atomic mass is 32.2. The fourth-order valence-electron chi connectivity index (χ4n) is 3.36. The van der Waals surface area contributed by atoms with Gasteiger partial charge in [-0.05, 0) is 66.1 Å². The van der Waals surface area contributed by atoms with E-state index in [1.807, 2.05) is 93.6 Å². The third-order valence-corrected chi connectivity index (χ3v) is 5.92. The van der Waals surface area contributed by atoms with E-state index in [-0.39, 0.29) is 23.0 Å². The summed E-state index contributed by atoms with van der Waals surface area (Å²) >= 11 is 1.44. The maximum Gasteiger partial charge on any atom is 0.234 e. The Balaban J connectivity index is 1.27. The molecule has 174 valence electrons. The highest BCUT2D eigenvalue weighted by molar-refractivity contribution is 8.00. The van der Waals surface area contributed by atoms with Crippen molar-refractivity contribution in [2.45, 2.75) is 32.1 Å². The lowest BCUT2D eigenvalue weighted by Gasteiger charge is -2.17. The molecule has 0 saturated heterocycles. The van der Waals surface area contributed by atoms with Crippen molar-refractivity contribution in [1.29, 1.82) is 0 Å². The van der Waals surface area contributed by atoms with Crippen molar-refractivity contribution in [2.24, 2.45) is 5.41 Å². The van der Waals surface area contributed by atoms with Crippen LogP contribution < -0.4 is 10.6 Å². The fourth-order valence-corrected chi connectivity index (χ4v) is 4.06. The van der Waals surface area contributed by atoms with Gasteiger partial charge < -0.3 is 15.1 Å². The quantitative estimate of drug-likeness (QED) is 0.295. The molecule has 7 heteroatoms. The maximum atomic E-state index is 12.4. The van der Waals surface area contributed by atoms with E-state index in [9.17, 15) is 9.59 Å². The summed E-state index contributed by atoms with van der Waals surface area (Å²) in [6.45, 7) is 6.09. The lowest BCUT2D eigenvalue weighted by Crippen LogP contribution is -2.19. The molecule has 4 aromatic rings. The summed E-state index contributed by atoms with van der Waals surface area (Å²) in [6, 6.07) is 22.6. The number of benzene rings is 3. The molecule has 0 bridgehead atoms. The third kappa shape index (κ3) is 6.48. The first-order chi connectivity index (χ1) is 16.2. The number of rotatable bonds is 7. The summed E-state index contributed by atoms with van der Waals surface area (Å²) < 4.78 is 5.79. The Morgan fingerprint density at radius 2 is 1.47 bits per heavy atom. The summed E-state index contributed by atoms with van der Waals surface area (Å²) in [5, 5.41) is 5.82. The van der Waals surface area contributed by atoms with Crippen molar-refractivity contribution in [2.75, 3.05) is 16.4 Å². The predicted octanol–water partition coefficient (Wildman–Crippen LogP) is 6.60. The van der Waals surface area contributed by atoms with E-state index < -0.39 is 0 Å². The van der Waals surface area contributed by atoms with Gasteiger partial charge in [0.25, 0.3) is 0 Å². The molecule has 0 aliphatic rings. The van der Waals surface area contributed by atoms with Gasteiger partial charge in [-0.25, -0.2) is 4.98 Å². The number of hydrogen-bond donors (Lipinski definition) is 2. The molecule has 1 aromatic heterocycles. The number of fused-ring (bicyclic) bond motifs is 1. The fraction of sp³-hybridized carbons (Fsp3) is 0.222. The molecule has 3 aromatic carbocycles. The van der Waals surface area contributed by atoms with E-state index in [1.165, 1.54) is 11.8 Å². The summed E-state index contributed by atoms with van der Waals surface area (Å²) in [7, 11) is 0. The molecule has 0 saturated carbocycles. The Morgan fingerprint density at radius 3 is 2.12 bits per heavy atom. The van der Waals surface area contributed by atoms with Crippen molar-refractivity contribution >= 4 is 46.1 Å². The van der Waals surface area contributed by atoms with Crippen LogP contribution >= 0.6 is 11.8 Å². The minimum atomic E-state index is -0.0952. The maximum absolute atomic E-state index is 12.4. The van der Waals surface area contributed by atoms with Crippen molar-refractivity contribution in [1.82, 2.24) is 4.98 Å². The molecule has 2 N–H and O–H groups in total. The van der Waals surface area contributed by atoms with E-state index >= 15 is 0 Å². The minimum Gasteiger partial charge on any atom is -0.436 e. The number of aromatic nitrogens is 1. The molecule has 6 nitrogen and oxygen atoms in total. The molecule has 0 radical (unpaired) electrons. The van der Waals surface area contributed by atoms with Gasteiger partial charge in [-0.2, -0.15) is 0 Å². The summed E-state index contributed by atoms with van der Waals surface area (Å²) in [5.74, 6) is 0.729.